The third-order valence-electron chi connectivity index (χ3n) is 3.17. The summed E-state index contributed by atoms with van der Waals surface area (Å²) in [4.78, 5) is 23.6. The highest BCUT2D eigenvalue weighted by atomic mass is 32.2. The standard InChI is InChI=1S/C15H21N5O3S3/c1-3-23-7-4-6-17-14-19-20-15(26-14)25-9(2)12(22)18-13-10(11(16)21)5-8-24-13/h5,8-9H,3-4,6-7H2,1-2H3,(H2,16,21)(H,17,19)(H,18,22)/t9-/m1/s1. The Labute approximate surface area is 163 Å². The Morgan fingerprint density at radius 2 is 2.23 bits per heavy atom. The average Bonchev–Trinajstić information content (AvgIpc) is 3.24. The van der Waals surface area contributed by atoms with Crippen molar-refractivity contribution in [2.24, 2.45) is 5.73 Å². The predicted molar refractivity (Wildman–Crippen MR) is 106 cm³/mol. The third kappa shape index (κ3) is 6.24. The van der Waals surface area contributed by atoms with Gasteiger partial charge in [0, 0.05) is 19.8 Å². The molecule has 0 unspecified atom stereocenters. The first kappa shape index (κ1) is 20.6. The minimum Gasteiger partial charge on any atom is -0.382 e. The number of nitrogens with one attached hydrogen (secondary N) is 2. The van der Waals surface area contributed by atoms with Crippen molar-refractivity contribution in [1.82, 2.24) is 10.2 Å². The summed E-state index contributed by atoms with van der Waals surface area (Å²) < 4.78 is 5.97. The monoisotopic (exact) mass is 415 g/mol. The number of nitrogens with zero attached hydrogens (tertiary/aromatic N) is 2. The van der Waals surface area contributed by atoms with Crippen molar-refractivity contribution in [2.45, 2.75) is 29.9 Å². The van der Waals surface area contributed by atoms with E-state index in [0.717, 1.165) is 13.0 Å². The number of amides is 2. The van der Waals surface area contributed by atoms with Crippen LogP contribution in [0, 0.1) is 0 Å². The number of primary amides is 1. The summed E-state index contributed by atoms with van der Waals surface area (Å²) in [7, 11) is 0. The quantitative estimate of drug-likeness (QED) is 0.381. The van der Waals surface area contributed by atoms with Crippen LogP contribution in [-0.2, 0) is 9.53 Å². The summed E-state index contributed by atoms with van der Waals surface area (Å²) in [6.45, 7) is 5.91. The summed E-state index contributed by atoms with van der Waals surface area (Å²) in [5, 5.41) is 16.6. The van der Waals surface area contributed by atoms with Crippen molar-refractivity contribution in [3.63, 3.8) is 0 Å². The van der Waals surface area contributed by atoms with Crippen molar-refractivity contribution < 1.29 is 14.3 Å². The molecule has 142 valence electrons. The molecule has 0 bridgehead atoms. The van der Waals surface area contributed by atoms with Gasteiger partial charge in [-0.1, -0.05) is 23.1 Å². The molecule has 0 saturated heterocycles. The normalized spacial score (nSPS) is 11.9. The molecule has 11 heteroatoms. The molecule has 0 aromatic carbocycles. The molecule has 4 N–H and O–H groups in total. The van der Waals surface area contributed by atoms with Crippen molar-refractivity contribution >= 4 is 56.4 Å². The Hall–Kier alpha value is -1.69. The van der Waals surface area contributed by atoms with Crippen LogP contribution >= 0.6 is 34.4 Å². The van der Waals surface area contributed by atoms with Crippen LogP contribution in [0.2, 0.25) is 0 Å². The Kier molecular flexibility index (Phi) is 8.29. The number of hydrogen-bond donors (Lipinski definition) is 3. The summed E-state index contributed by atoms with van der Waals surface area (Å²) in [6.07, 6.45) is 0.887. The van der Waals surface area contributed by atoms with Crippen LogP contribution in [0.5, 0.6) is 0 Å². The molecule has 26 heavy (non-hydrogen) atoms. The van der Waals surface area contributed by atoms with E-state index in [-0.39, 0.29) is 5.91 Å². The number of anilines is 2. The zero-order valence-electron chi connectivity index (χ0n) is 14.5. The minimum atomic E-state index is -0.564. The van der Waals surface area contributed by atoms with E-state index < -0.39 is 11.2 Å². The molecule has 2 rings (SSSR count). The molecule has 2 aromatic rings. The first-order chi connectivity index (χ1) is 12.5. The lowest BCUT2D eigenvalue weighted by molar-refractivity contribution is -0.115. The second kappa shape index (κ2) is 10.5. The van der Waals surface area contributed by atoms with Crippen molar-refractivity contribution in [1.29, 1.82) is 0 Å². The van der Waals surface area contributed by atoms with E-state index in [2.05, 4.69) is 20.8 Å². The fourth-order valence-electron chi connectivity index (χ4n) is 1.86. The van der Waals surface area contributed by atoms with Crippen molar-refractivity contribution in [3.05, 3.63) is 17.0 Å². The van der Waals surface area contributed by atoms with Crippen LogP contribution < -0.4 is 16.4 Å². The fraction of sp³-hybridized carbons (Fsp3) is 0.467. The molecule has 0 spiro atoms. The van der Waals surface area contributed by atoms with Gasteiger partial charge in [0.2, 0.25) is 11.0 Å². The number of nitrogens with two attached hydrogens (primary N) is 1. The summed E-state index contributed by atoms with van der Waals surface area (Å²) in [5.74, 6) is -0.785. The van der Waals surface area contributed by atoms with Gasteiger partial charge in [-0.15, -0.1) is 21.5 Å². The second-order valence-corrected chi connectivity index (χ2v) is 8.61. The molecule has 0 aliphatic rings. The van der Waals surface area contributed by atoms with Gasteiger partial charge in [-0.2, -0.15) is 0 Å². The molecule has 0 saturated carbocycles. The Bertz CT molecular complexity index is 734. The maximum Gasteiger partial charge on any atom is 0.251 e. The van der Waals surface area contributed by atoms with Gasteiger partial charge in [-0.3, -0.25) is 9.59 Å². The molecular formula is C15H21N5O3S3. The summed E-state index contributed by atoms with van der Waals surface area (Å²) >= 11 is 3.97. The van der Waals surface area contributed by atoms with Crippen LogP contribution in [0.1, 0.15) is 30.6 Å². The molecule has 0 aliphatic carbocycles. The lowest BCUT2D eigenvalue weighted by atomic mass is 10.3. The van der Waals surface area contributed by atoms with Crippen LogP contribution in [0.4, 0.5) is 10.1 Å². The third-order valence-corrected chi connectivity index (χ3v) is 6.06. The predicted octanol–water partition coefficient (Wildman–Crippen LogP) is 2.66. The number of hydrogen-bond acceptors (Lipinski definition) is 9. The average molecular weight is 416 g/mol. The molecule has 2 heterocycles. The van der Waals surface area contributed by atoms with E-state index in [0.29, 0.717) is 33.2 Å². The number of aromatic nitrogens is 2. The van der Waals surface area contributed by atoms with E-state index in [9.17, 15) is 9.59 Å². The Balaban J connectivity index is 1.81. The van der Waals surface area contributed by atoms with E-state index in [1.54, 1.807) is 18.4 Å². The van der Waals surface area contributed by atoms with E-state index >= 15 is 0 Å². The van der Waals surface area contributed by atoms with E-state index in [4.69, 9.17) is 10.5 Å². The highest BCUT2D eigenvalue weighted by molar-refractivity contribution is 8.02. The first-order valence-electron chi connectivity index (χ1n) is 8.01. The van der Waals surface area contributed by atoms with Gasteiger partial charge in [0.25, 0.3) is 5.91 Å². The van der Waals surface area contributed by atoms with Gasteiger partial charge >= 0.3 is 0 Å². The smallest absolute Gasteiger partial charge is 0.251 e. The first-order valence-corrected chi connectivity index (χ1v) is 10.6. The van der Waals surface area contributed by atoms with E-state index in [1.165, 1.54) is 34.4 Å². The van der Waals surface area contributed by atoms with Gasteiger partial charge in [-0.05, 0) is 31.7 Å². The van der Waals surface area contributed by atoms with Crippen LogP contribution in [0.3, 0.4) is 0 Å². The maximum atomic E-state index is 12.3. The largest absolute Gasteiger partial charge is 0.382 e. The highest BCUT2D eigenvalue weighted by Gasteiger charge is 2.20. The zero-order valence-corrected chi connectivity index (χ0v) is 16.9. The number of carbonyl (C=O) groups excluding carboxylic acids is 2. The maximum absolute atomic E-state index is 12.3. The molecule has 0 radical (unpaired) electrons. The molecule has 8 nitrogen and oxygen atoms in total. The topological polar surface area (TPSA) is 119 Å². The van der Waals surface area contributed by atoms with E-state index in [1.807, 2.05) is 6.92 Å². The highest BCUT2D eigenvalue weighted by Crippen LogP contribution is 2.30. The lowest BCUT2D eigenvalue weighted by Gasteiger charge is -2.09. The number of ether oxygens (including phenoxy) is 1. The number of carbonyl (C=O) groups is 2. The summed E-state index contributed by atoms with van der Waals surface area (Å²) in [5.41, 5.74) is 5.60. The SMILES string of the molecule is CCOCCCNc1nnc(S[C@H](C)C(=O)Nc2sccc2C(N)=O)s1. The molecule has 2 aromatic heterocycles. The zero-order chi connectivity index (χ0) is 18.9. The van der Waals surface area contributed by atoms with Gasteiger partial charge in [-0.25, -0.2) is 0 Å². The Morgan fingerprint density at radius 3 is 2.96 bits per heavy atom. The van der Waals surface area contributed by atoms with Gasteiger partial charge in [0.1, 0.15) is 5.00 Å². The van der Waals surface area contributed by atoms with Crippen molar-refractivity contribution in [2.75, 3.05) is 30.4 Å². The second-order valence-electron chi connectivity index (χ2n) is 5.13. The molecule has 1 atom stereocenters. The molecule has 0 fully saturated rings. The van der Waals surface area contributed by atoms with Crippen molar-refractivity contribution in [3.8, 4) is 0 Å². The molecule has 2 amide bonds. The summed E-state index contributed by atoms with van der Waals surface area (Å²) in [6, 6.07) is 1.59. The molecule has 0 aliphatic heterocycles. The lowest BCUT2D eigenvalue weighted by Crippen LogP contribution is -2.23. The van der Waals surface area contributed by atoms with Crippen LogP contribution in [0.25, 0.3) is 0 Å². The number of thioether (sulfide) groups is 1. The van der Waals surface area contributed by atoms with Gasteiger partial charge < -0.3 is 21.1 Å². The fourth-order valence-corrected chi connectivity index (χ4v) is 4.58. The number of rotatable bonds is 11. The minimum absolute atomic E-state index is 0.221. The van der Waals surface area contributed by atoms with Crippen LogP contribution in [-0.4, -0.2) is 47.0 Å². The Morgan fingerprint density at radius 1 is 1.42 bits per heavy atom. The molecular weight excluding hydrogens is 394 g/mol. The van der Waals surface area contributed by atoms with Crippen LogP contribution in [0.15, 0.2) is 15.8 Å². The van der Waals surface area contributed by atoms with Gasteiger partial charge in [0.15, 0.2) is 4.34 Å². The number of thiophene rings is 1. The van der Waals surface area contributed by atoms with Gasteiger partial charge in [0.05, 0.1) is 10.8 Å².